The maximum absolute atomic E-state index is 6.23. The van der Waals surface area contributed by atoms with Crippen LogP contribution < -0.4 is 0 Å². The number of hydrogen-bond acceptors (Lipinski definition) is 3. The Bertz CT molecular complexity index is 586. The first kappa shape index (κ1) is 21.8. The summed E-state index contributed by atoms with van der Waals surface area (Å²) in [4.78, 5) is 0. The molecule has 0 aliphatic heterocycles. The summed E-state index contributed by atoms with van der Waals surface area (Å²) in [6, 6.07) is 4.02. The van der Waals surface area contributed by atoms with E-state index >= 15 is 0 Å². The summed E-state index contributed by atoms with van der Waals surface area (Å²) in [5.74, 6) is 3.20. The lowest BCUT2D eigenvalue weighted by Gasteiger charge is -2.32. The van der Waals surface area contributed by atoms with Crippen LogP contribution in [0.3, 0.4) is 0 Å². The van der Waals surface area contributed by atoms with E-state index < -0.39 is 27.5 Å². The van der Waals surface area contributed by atoms with E-state index in [1.54, 1.807) is 0 Å². The van der Waals surface area contributed by atoms with Gasteiger partial charge in [0.05, 0.1) is 22.3 Å². The van der Waals surface area contributed by atoms with E-state index in [4.69, 9.17) is 13.3 Å². The minimum atomic E-state index is -1.71. The van der Waals surface area contributed by atoms with E-state index in [-0.39, 0.29) is 0 Å². The van der Waals surface area contributed by atoms with Gasteiger partial charge in [-0.25, -0.2) is 0 Å². The van der Waals surface area contributed by atoms with Gasteiger partial charge >= 0.3 is 0 Å². The van der Waals surface area contributed by atoms with Crippen LogP contribution in [0, 0.1) is 0 Å². The van der Waals surface area contributed by atoms with Gasteiger partial charge in [-0.3, -0.25) is 0 Å². The molecule has 5 heteroatoms. The summed E-state index contributed by atoms with van der Waals surface area (Å²) in [5, 5.41) is 0. The van der Waals surface area contributed by atoms with Crippen LogP contribution in [-0.4, -0.2) is 16.6 Å². The summed E-state index contributed by atoms with van der Waals surface area (Å²) in [7, 11) is -3.42. The topological polar surface area (TPSA) is 31.6 Å². The fourth-order valence-corrected chi connectivity index (χ4v) is 4.27. The van der Waals surface area contributed by atoms with Gasteiger partial charge in [0, 0.05) is 0 Å². The quantitative estimate of drug-likeness (QED) is 0.378. The summed E-state index contributed by atoms with van der Waals surface area (Å²) in [5.41, 5.74) is -0.787. The molecule has 0 N–H and O–H groups in total. The zero-order valence-electron chi connectivity index (χ0n) is 17.8. The third kappa shape index (κ3) is 5.64. The van der Waals surface area contributed by atoms with Crippen molar-refractivity contribution in [3.63, 3.8) is 0 Å². The van der Waals surface area contributed by atoms with Crippen molar-refractivity contribution >= 4 is 16.6 Å². The minimum Gasteiger partial charge on any atom is -0.547 e. The molecule has 0 saturated carbocycles. The fourth-order valence-electron chi connectivity index (χ4n) is 2.28. The van der Waals surface area contributed by atoms with Crippen LogP contribution in [0.15, 0.2) is 41.2 Å². The van der Waals surface area contributed by atoms with Gasteiger partial charge in [-0.2, -0.15) is 0 Å². The molecule has 1 aromatic rings. The first-order valence-corrected chi connectivity index (χ1v) is 15.7. The Balaban J connectivity index is 3.09. The standard InChI is InChI=1S/C20H36O3Si2/c1-15(22-24(7,8)9)19(3,4)17-13-14-18(21-17)20(5,6)16(2)23-25(10,11)12/h13-14H,1-2H2,3-12H3. The average molecular weight is 381 g/mol. The third-order valence-electron chi connectivity index (χ3n) is 4.09. The second kappa shape index (κ2) is 6.84. The highest BCUT2D eigenvalue weighted by Crippen LogP contribution is 2.39. The van der Waals surface area contributed by atoms with Crippen molar-refractivity contribution in [1.82, 2.24) is 0 Å². The molecule has 1 rings (SSSR count). The second-order valence-corrected chi connectivity index (χ2v) is 18.5. The smallest absolute Gasteiger partial charge is 0.241 e. The van der Waals surface area contributed by atoms with E-state index in [0.29, 0.717) is 0 Å². The van der Waals surface area contributed by atoms with Crippen LogP contribution in [0.5, 0.6) is 0 Å². The van der Waals surface area contributed by atoms with Gasteiger partial charge in [-0.05, 0) is 79.1 Å². The van der Waals surface area contributed by atoms with Gasteiger partial charge in [0.25, 0.3) is 0 Å². The van der Waals surface area contributed by atoms with Crippen LogP contribution in [0.25, 0.3) is 0 Å². The molecule has 1 heterocycles. The number of rotatable bonds is 8. The van der Waals surface area contributed by atoms with Crippen molar-refractivity contribution in [2.24, 2.45) is 0 Å². The molecule has 0 unspecified atom stereocenters. The first-order chi connectivity index (χ1) is 11.0. The monoisotopic (exact) mass is 380 g/mol. The van der Waals surface area contributed by atoms with Crippen LogP contribution in [0.2, 0.25) is 39.3 Å². The molecule has 0 amide bonds. The van der Waals surface area contributed by atoms with Crippen LogP contribution in [-0.2, 0) is 19.7 Å². The van der Waals surface area contributed by atoms with Crippen LogP contribution in [0.4, 0.5) is 0 Å². The summed E-state index contributed by atoms with van der Waals surface area (Å²) in [6.45, 7) is 29.6. The molecule has 0 aliphatic carbocycles. The van der Waals surface area contributed by atoms with E-state index in [2.05, 4.69) is 80.1 Å². The van der Waals surface area contributed by atoms with Crippen molar-refractivity contribution in [2.45, 2.75) is 77.8 Å². The number of hydrogen-bond donors (Lipinski definition) is 0. The molecule has 1 aromatic heterocycles. The SMILES string of the molecule is C=C(O[Si](C)(C)C)C(C)(C)c1ccc(C(C)(C)C(=C)O[Si](C)(C)C)o1. The van der Waals surface area contributed by atoms with Crippen molar-refractivity contribution < 1.29 is 13.3 Å². The zero-order valence-corrected chi connectivity index (χ0v) is 19.8. The van der Waals surface area contributed by atoms with E-state index in [9.17, 15) is 0 Å². The Labute approximate surface area is 156 Å². The molecule has 0 aliphatic rings. The van der Waals surface area contributed by atoms with Gasteiger partial charge < -0.3 is 13.3 Å². The predicted molar refractivity (Wildman–Crippen MR) is 112 cm³/mol. The van der Waals surface area contributed by atoms with Gasteiger partial charge in [0.2, 0.25) is 16.6 Å². The lowest BCUT2D eigenvalue weighted by atomic mass is 9.88. The minimum absolute atomic E-state index is 0.393. The number of allylic oxidation sites excluding steroid dienone is 2. The molecule has 0 radical (unpaired) electrons. The van der Waals surface area contributed by atoms with E-state index in [1.807, 2.05) is 12.1 Å². The lowest BCUT2D eigenvalue weighted by molar-refractivity contribution is 0.266. The molecule has 0 fully saturated rings. The normalized spacial score (nSPS) is 13.5. The van der Waals surface area contributed by atoms with Gasteiger partial charge in [0.1, 0.15) is 11.5 Å². The van der Waals surface area contributed by atoms with Crippen molar-refractivity contribution in [2.75, 3.05) is 0 Å². The number of furan rings is 1. The molecular weight excluding hydrogens is 344 g/mol. The third-order valence-corrected chi connectivity index (χ3v) is 5.81. The Morgan fingerprint density at radius 2 is 1.04 bits per heavy atom. The van der Waals surface area contributed by atoms with Crippen molar-refractivity contribution in [1.29, 1.82) is 0 Å². The Morgan fingerprint density at radius 3 is 1.28 bits per heavy atom. The van der Waals surface area contributed by atoms with Gasteiger partial charge in [0.15, 0.2) is 0 Å². The highest BCUT2D eigenvalue weighted by molar-refractivity contribution is 6.70. The largest absolute Gasteiger partial charge is 0.547 e. The fraction of sp³-hybridized carbons (Fsp3) is 0.600. The second-order valence-electron chi connectivity index (χ2n) is 9.69. The Morgan fingerprint density at radius 1 is 0.760 bits per heavy atom. The van der Waals surface area contributed by atoms with Gasteiger partial charge in [-0.1, -0.05) is 13.2 Å². The maximum Gasteiger partial charge on any atom is 0.241 e. The lowest BCUT2D eigenvalue weighted by Crippen LogP contribution is -2.32. The van der Waals surface area contributed by atoms with Crippen molar-refractivity contribution in [3.05, 3.63) is 48.3 Å². The summed E-state index contributed by atoms with van der Waals surface area (Å²) >= 11 is 0. The molecule has 0 bridgehead atoms. The molecule has 0 spiro atoms. The highest BCUT2D eigenvalue weighted by atomic mass is 28.4. The summed E-state index contributed by atoms with van der Waals surface area (Å²) in [6.07, 6.45) is 0. The van der Waals surface area contributed by atoms with E-state index in [1.165, 1.54) is 0 Å². The van der Waals surface area contributed by atoms with E-state index in [0.717, 1.165) is 23.0 Å². The molecule has 0 aromatic carbocycles. The molecule has 0 atom stereocenters. The predicted octanol–water partition coefficient (Wildman–Crippen LogP) is 6.57. The Kier molecular flexibility index (Phi) is 5.97. The van der Waals surface area contributed by atoms with Crippen molar-refractivity contribution in [3.8, 4) is 0 Å². The Hall–Kier alpha value is -1.21. The first-order valence-electron chi connectivity index (χ1n) is 8.84. The highest BCUT2D eigenvalue weighted by Gasteiger charge is 2.36. The summed E-state index contributed by atoms with van der Waals surface area (Å²) < 4.78 is 18.5. The van der Waals surface area contributed by atoms with Gasteiger partial charge in [-0.15, -0.1) is 0 Å². The van der Waals surface area contributed by atoms with Crippen LogP contribution in [0.1, 0.15) is 39.2 Å². The molecular formula is C20H36O3Si2. The molecule has 25 heavy (non-hydrogen) atoms. The average Bonchev–Trinajstić information content (AvgIpc) is 2.84. The zero-order chi connectivity index (χ0) is 19.8. The molecule has 142 valence electrons. The molecule has 3 nitrogen and oxygen atoms in total. The maximum atomic E-state index is 6.23. The van der Waals surface area contributed by atoms with Crippen LogP contribution >= 0.6 is 0 Å². The molecule has 0 saturated heterocycles.